The lowest BCUT2D eigenvalue weighted by Crippen LogP contribution is -2.57. The zero-order chi connectivity index (χ0) is 19.0. The van der Waals surface area contributed by atoms with Gasteiger partial charge in [-0.25, -0.2) is 8.78 Å². The lowest BCUT2D eigenvalue weighted by Gasteiger charge is -2.37. The van der Waals surface area contributed by atoms with Crippen LogP contribution in [0, 0.1) is 18.6 Å². The first-order valence-corrected chi connectivity index (χ1v) is 7.43. The van der Waals surface area contributed by atoms with E-state index in [0.717, 1.165) is 20.8 Å². The highest BCUT2D eigenvalue weighted by Gasteiger charge is 2.55. The molecular formula is C16H20F5NO2. The monoisotopic (exact) mass is 353 g/mol. The highest BCUT2D eigenvalue weighted by Crippen LogP contribution is 2.38. The van der Waals surface area contributed by atoms with Crippen molar-refractivity contribution in [2.45, 2.75) is 59.0 Å². The summed E-state index contributed by atoms with van der Waals surface area (Å²) in [4.78, 5) is 12.6. The van der Waals surface area contributed by atoms with Crippen molar-refractivity contribution in [3.05, 3.63) is 34.4 Å². The molecule has 1 amide bonds. The average molecular weight is 353 g/mol. The van der Waals surface area contributed by atoms with E-state index >= 15 is 0 Å². The number of alkyl halides is 3. The van der Waals surface area contributed by atoms with Gasteiger partial charge >= 0.3 is 6.18 Å². The summed E-state index contributed by atoms with van der Waals surface area (Å²) < 4.78 is 66.6. The summed E-state index contributed by atoms with van der Waals surface area (Å²) in [7, 11) is 0. The van der Waals surface area contributed by atoms with Crippen LogP contribution in [-0.2, 0) is 6.54 Å². The predicted octanol–water partition coefficient (Wildman–Crippen LogP) is 3.96. The Balaban J connectivity index is 0.00000139. The third-order valence-electron chi connectivity index (χ3n) is 3.64. The van der Waals surface area contributed by atoms with Gasteiger partial charge in [0.2, 0.25) is 0 Å². The smallest absolute Gasteiger partial charge is 0.388 e. The number of rotatable bonds is 2. The zero-order valence-corrected chi connectivity index (χ0v) is 14.1. The van der Waals surface area contributed by atoms with Crippen molar-refractivity contribution in [2.24, 2.45) is 0 Å². The molecule has 1 heterocycles. The molecule has 1 aliphatic rings. The van der Waals surface area contributed by atoms with Crippen LogP contribution >= 0.6 is 0 Å². The molecule has 0 saturated carbocycles. The number of halogens is 5. The molecule has 24 heavy (non-hydrogen) atoms. The van der Waals surface area contributed by atoms with Gasteiger partial charge in [-0.2, -0.15) is 13.2 Å². The Morgan fingerprint density at radius 1 is 1.21 bits per heavy atom. The summed E-state index contributed by atoms with van der Waals surface area (Å²) in [5, 5.41) is 9.79. The van der Waals surface area contributed by atoms with Crippen LogP contribution in [0.4, 0.5) is 22.0 Å². The molecule has 1 N–H and O–H groups in total. The highest BCUT2D eigenvalue weighted by atomic mass is 19.4. The molecule has 0 saturated heterocycles. The number of carbonyl (C=O) groups excluding carboxylic acids is 1. The number of hydrogen-bond acceptors (Lipinski definition) is 2. The fourth-order valence-corrected chi connectivity index (χ4v) is 2.81. The van der Waals surface area contributed by atoms with Crippen molar-refractivity contribution < 1.29 is 31.9 Å². The molecule has 0 bridgehead atoms. The van der Waals surface area contributed by atoms with E-state index in [0.29, 0.717) is 11.0 Å². The highest BCUT2D eigenvalue weighted by molar-refractivity contribution is 6.00. The second-order valence-corrected chi connectivity index (χ2v) is 5.86. The molecule has 0 spiro atoms. The molecule has 1 atom stereocenters. The number of hydrogen-bond donors (Lipinski definition) is 1. The molecule has 1 unspecified atom stereocenters. The quantitative estimate of drug-likeness (QED) is 0.818. The number of aliphatic hydroxyl groups is 1. The minimum Gasteiger partial charge on any atom is -0.388 e. The van der Waals surface area contributed by atoms with E-state index in [4.69, 9.17) is 0 Å². The minimum absolute atomic E-state index is 0.0279. The van der Waals surface area contributed by atoms with Gasteiger partial charge in [0.15, 0.2) is 17.7 Å². The molecular weight excluding hydrogens is 333 g/mol. The number of carbonyl (C=O) groups is 1. The normalized spacial score (nSPS) is 15.8. The molecule has 136 valence electrons. The lowest BCUT2D eigenvalue weighted by atomic mass is 9.96. The number of nitrogens with zero attached hydrogens (tertiary/aromatic N) is 1. The van der Waals surface area contributed by atoms with Crippen molar-refractivity contribution >= 4 is 5.91 Å². The second kappa shape index (κ2) is 6.66. The Morgan fingerprint density at radius 2 is 1.71 bits per heavy atom. The number of benzene rings is 1. The van der Waals surface area contributed by atoms with Gasteiger partial charge in [0.05, 0.1) is 11.2 Å². The molecule has 1 aromatic carbocycles. The van der Waals surface area contributed by atoms with E-state index in [1.54, 1.807) is 0 Å². The van der Waals surface area contributed by atoms with Crippen LogP contribution in [0.2, 0.25) is 0 Å². The average Bonchev–Trinajstić information content (AvgIpc) is 2.72. The zero-order valence-electron chi connectivity index (χ0n) is 14.1. The SMILES string of the molecule is CC.Cc1c(F)c(F)cc2c1C(=O)N(C(C(C)(C)O)C(F)(F)F)C2. The molecule has 0 radical (unpaired) electrons. The molecule has 8 heteroatoms. The van der Waals surface area contributed by atoms with E-state index < -0.39 is 41.9 Å². The predicted molar refractivity (Wildman–Crippen MR) is 78.5 cm³/mol. The fourth-order valence-electron chi connectivity index (χ4n) is 2.81. The number of amides is 1. The van der Waals surface area contributed by atoms with E-state index in [9.17, 15) is 31.9 Å². The van der Waals surface area contributed by atoms with Gasteiger partial charge in [0.25, 0.3) is 5.91 Å². The second-order valence-electron chi connectivity index (χ2n) is 5.86. The third-order valence-corrected chi connectivity index (χ3v) is 3.64. The van der Waals surface area contributed by atoms with Crippen molar-refractivity contribution in [1.82, 2.24) is 4.90 Å². The Kier molecular flexibility index (Phi) is 5.65. The summed E-state index contributed by atoms with van der Waals surface area (Å²) in [5.41, 5.74) is -2.91. The Hall–Kier alpha value is -1.70. The topological polar surface area (TPSA) is 40.5 Å². The summed E-state index contributed by atoms with van der Waals surface area (Å²) in [6.07, 6.45) is -4.89. The first kappa shape index (κ1) is 20.3. The van der Waals surface area contributed by atoms with E-state index in [1.165, 1.54) is 0 Å². The van der Waals surface area contributed by atoms with E-state index in [1.807, 2.05) is 13.8 Å². The van der Waals surface area contributed by atoms with Gasteiger partial charge in [0, 0.05) is 12.1 Å². The Morgan fingerprint density at radius 3 is 2.12 bits per heavy atom. The molecule has 1 aromatic rings. The summed E-state index contributed by atoms with van der Waals surface area (Å²) in [6, 6.07) is -1.77. The van der Waals surface area contributed by atoms with Crippen LogP contribution in [-0.4, -0.2) is 33.7 Å². The Bertz CT molecular complexity index is 621. The van der Waals surface area contributed by atoms with Gasteiger partial charge < -0.3 is 10.0 Å². The van der Waals surface area contributed by atoms with Gasteiger partial charge in [-0.3, -0.25) is 4.79 Å². The standard InChI is InChI=1S/C14H14F5NO2.C2H6/c1-6-9-7(4-8(15)10(6)16)5-20(11(9)21)12(13(2,3)22)14(17,18)19;1-2/h4,12,22H,5H2,1-3H3;1-2H3. The Labute approximate surface area is 137 Å². The first-order valence-electron chi connectivity index (χ1n) is 7.43. The minimum atomic E-state index is -4.89. The maximum Gasteiger partial charge on any atom is 0.411 e. The van der Waals surface area contributed by atoms with Crippen LogP contribution in [0.3, 0.4) is 0 Å². The molecule has 3 nitrogen and oxygen atoms in total. The maximum atomic E-state index is 13.5. The molecule has 0 fully saturated rings. The molecule has 2 rings (SSSR count). The number of fused-ring (bicyclic) bond motifs is 1. The van der Waals surface area contributed by atoms with Gasteiger partial charge in [-0.05, 0) is 32.4 Å². The van der Waals surface area contributed by atoms with E-state index in [-0.39, 0.29) is 16.7 Å². The molecule has 0 aromatic heterocycles. The van der Waals surface area contributed by atoms with Crippen molar-refractivity contribution in [1.29, 1.82) is 0 Å². The van der Waals surface area contributed by atoms with Crippen LogP contribution in [0.25, 0.3) is 0 Å². The van der Waals surface area contributed by atoms with Gasteiger partial charge in [-0.1, -0.05) is 13.8 Å². The fraction of sp³-hybridized carbons (Fsp3) is 0.562. The molecule has 1 aliphatic heterocycles. The van der Waals surface area contributed by atoms with Crippen LogP contribution in [0.1, 0.15) is 49.2 Å². The molecule has 0 aliphatic carbocycles. The summed E-state index contributed by atoms with van der Waals surface area (Å²) >= 11 is 0. The van der Waals surface area contributed by atoms with Crippen molar-refractivity contribution in [3.8, 4) is 0 Å². The van der Waals surface area contributed by atoms with Crippen LogP contribution < -0.4 is 0 Å². The summed E-state index contributed by atoms with van der Waals surface area (Å²) in [6.45, 7) is 6.44. The van der Waals surface area contributed by atoms with Gasteiger partial charge in [0.1, 0.15) is 0 Å². The maximum absolute atomic E-state index is 13.5. The van der Waals surface area contributed by atoms with Crippen molar-refractivity contribution in [3.63, 3.8) is 0 Å². The van der Waals surface area contributed by atoms with Crippen LogP contribution in [0.5, 0.6) is 0 Å². The third kappa shape index (κ3) is 3.53. The van der Waals surface area contributed by atoms with Gasteiger partial charge in [-0.15, -0.1) is 0 Å². The van der Waals surface area contributed by atoms with Crippen molar-refractivity contribution in [2.75, 3.05) is 0 Å². The lowest BCUT2D eigenvalue weighted by molar-refractivity contribution is -0.219. The largest absolute Gasteiger partial charge is 0.411 e. The summed E-state index contributed by atoms with van der Waals surface area (Å²) in [5.74, 6) is -3.56. The van der Waals surface area contributed by atoms with Crippen LogP contribution in [0.15, 0.2) is 6.07 Å². The first-order chi connectivity index (χ1) is 10.9. The van der Waals surface area contributed by atoms with E-state index in [2.05, 4.69) is 0 Å².